The standard InChI is InChI=1S/C7H6ClNOS/c8-6-2-1-3-7(11)5(6)4-9-10/h1-4,10-11H/b9-4+. The van der Waals surface area contributed by atoms with Crippen LogP contribution in [0.25, 0.3) is 0 Å². The van der Waals surface area contributed by atoms with Crippen LogP contribution >= 0.6 is 24.2 Å². The predicted octanol–water partition coefficient (Wildman–Crippen LogP) is 2.44. The smallest absolute Gasteiger partial charge is 0.0760 e. The molecule has 0 heterocycles. The number of halogens is 1. The van der Waals surface area contributed by atoms with Crippen molar-refractivity contribution in [2.75, 3.05) is 0 Å². The Bertz CT molecular complexity index is 268. The zero-order valence-corrected chi connectivity index (χ0v) is 7.18. The number of hydrogen-bond donors (Lipinski definition) is 2. The maximum atomic E-state index is 8.25. The summed E-state index contributed by atoms with van der Waals surface area (Å²) >= 11 is 9.87. The number of hydrogen-bond acceptors (Lipinski definition) is 3. The van der Waals surface area contributed by atoms with Gasteiger partial charge in [0.15, 0.2) is 0 Å². The van der Waals surface area contributed by atoms with E-state index in [0.29, 0.717) is 15.5 Å². The second-order valence-electron chi connectivity index (χ2n) is 1.92. The van der Waals surface area contributed by atoms with Gasteiger partial charge in [0, 0.05) is 10.5 Å². The van der Waals surface area contributed by atoms with Crippen LogP contribution in [0.3, 0.4) is 0 Å². The molecule has 1 rings (SSSR count). The maximum absolute atomic E-state index is 8.25. The molecule has 0 saturated heterocycles. The summed E-state index contributed by atoms with van der Waals surface area (Å²) in [5.74, 6) is 0. The zero-order valence-electron chi connectivity index (χ0n) is 5.53. The molecule has 0 saturated carbocycles. The van der Waals surface area contributed by atoms with Crippen molar-refractivity contribution in [3.05, 3.63) is 28.8 Å². The van der Waals surface area contributed by atoms with E-state index >= 15 is 0 Å². The molecular weight excluding hydrogens is 182 g/mol. The first kappa shape index (κ1) is 8.43. The van der Waals surface area contributed by atoms with E-state index in [2.05, 4.69) is 17.8 Å². The Morgan fingerprint density at radius 3 is 2.82 bits per heavy atom. The molecule has 2 nitrogen and oxygen atoms in total. The third kappa shape index (κ3) is 1.88. The molecule has 0 radical (unpaired) electrons. The lowest BCUT2D eigenvalue weighted by Crippen LogP contribution is -1.84. The van der Waals surface area contributed by atoms with Gasteiger partial charge in [-0.1, -0.05) is 22.8 Å². The largest absolute Gasteiger partial charge is 0.411 e. The van der Waals surface area contributed by atoms with Crippen molar-refractivity contribution in [2.45, 2.75) is 4.90 Å². The molecule has 0 fully saturated rings. The highest BCUT2D eigenvalue weighted by Crippen LogP contribution is 2.20. The zero-order chi connectivity index (χ0) is 8.27. The van der Waals surface area contributed by atoms with Crippen LogP contribution in [0.5, 0.6) is 0 Å². The van der Waals surface area contributed by atoms with Crippen molar-refractivity contribution < 1.29 is 5.21 Å². The minimum atomic E-state index is 0.523. The molecule has 58 valence electrons. The fourth-order valence-electron chi connectivity index (χ4n) is 0.711. The van der Waals surface area contributed by atoms with Crippen molar-refractivity contribution in [2.24, 2.45) is 5.16 Å². The molecular formula is C7H6ClNOS. The topological polar surface area (TPSA) is 32.6 Å². The van der Waals surface area contributed by atoms with Crippen molar-refractivity contribution in [3.63, 3.8) is 0 Å². The van der Waals surface area contributed by atoms with Gasteiger partial charge in [-0.25, -0.2) is 0 Å². The van der Waals surface area contributed by atoms with E-state index in [4.69, 9.17) is 16.8 Å². The number of nitrogens with zero attached hydrogens (tertiary/aromatic N) is 1. The van der Waals surface area contributed by atoms with Gasteiger partial charge in [-0.15, -0.1) is 12.6 Å². The van der Waals surface area contributed by atoms with Crippen molar-refractivity contribution in [3.8, 4) is 0 Å². The van der Waals surface area contributed by atoms with Crippen molar-refractivity contribution in [1.82, 2.24) is 0 Å². The summed E-state index contributed by atoms with van der Waals surface area (Å²) in [5.41, 5.74) is 0.625. The Kier molecular flexibility index (Phi) is 2.79. The second-order valence-corrected chi connectivity index (χ2v) is 2.81. The summed E-state index contributed by atoms with van der Waals surface area (Å²) in [6, 6.07) is 5.25. The summed E-state index contributed by atoms with van der Waals surface area (Å²) in [6.07, 6.45) is 1.25. The van der Waals surface area contributed by atoms with Crippen LogP contribution < -0.4 is 0 Å². The maximum Gasteiger partial charge on any atom is 0.0760 e. The van der Waals surface area contributed by atoms with Gasteiger partial charge in [0.05, 0.1) is 11.2 Å². The Morgan fingerprint density at radius 1 is 1.55 bits per heavy atom. The van der Waals surface area contributed by atoms with Crippen molar-refractivity contribution >= 4 is 30.4 Å². The lowest BCUT2D eigenvalue weighted by molar-refractivity contribution is 0.322. The highest BCUT2D eigenvalue weighted by Gasteiger charge is 1.99. The van der Waals surface area contributed by atoms with Gasteiger partial charge in [0.2, 0.25) is 0 Å². The van der Waals surface area contributed by atoms with Crippen LogP contribution in [0.4, 0.5) is 0 Å². The van der Waals surface area contributed by atoms with Crippen LogP contribution in [0.15, 0.2) is 28.3 Å². The average molecular weight is 188 g/mol. The van der Waals surface area contributed by atoms with Crippen molar-refractivity contribution in [1.29, 1.82) is 0 Å². The molecule has 1 aromatic carbocycles. The molecule has 0 aromatic heterocycles. The number of rotatable bonds is 1. The van der Waals surface area contributed by atoms with Gasteiger partial charge in [0.1, 0.15) is 0 Å². The fourth-order valence-corrected chi connectivity index (χ4v) is 1.26. The quantitative estimate of drug-likeness (QED) is 0.301. The minimum absolute atomic E-state index is 0.523. The highest BCUT2D eigenvalue weighted by molar-refractivity contribution is 7.80. The first-order valence-electron chi connectivity index (χ1n) is 2.90. The molecule has 0 aliphatic heterocycles. The third-order valence-corrected chi connectivity index (χ3v) is 1.94. The Balaban J connectivity index is 3.20. The molecule has 1 aromatic rings. The van der Waals surface area contributed by atoms with E-state index in [1.165, 1.54) is 6.21 Å². The molecule has 0 aliphatic carbocycles. The SMILES string of the molecule is O/N=C/c1c(S)cccc1Cl. The van der Waals surface area contributed by atoms with E-state index in [9.17, 15) is 0 Å². The lowest BCUT2D eigenvalue weighted by atomic mass is 10.2. The number of thiol groups is 1. The summed E-state index contributed by atoms with van der Waals surface area (Å²) in [5, 5.41) is 11.6. The van der Waals surface area contributed by atoms with Gasteiger partial charge < -0.3 is 5.21 Å². The minimum Gasteiger partial charge on any atom is -0.411 e. The second kappa shape index (κ2) is 3.64. The summed E-state index contributed by atoms with van der Waals surface area (Å²) < 4.78 is 0. The normalized spacial score (nSPS) is 10.7. The first-order valence-corrected chi connectivity index (χ1v) is 3.73. The van der Waals surface area contributed by atoms with E-state index < -0.39 is 0 Å². The van der Waals surface area contributed by atoms with Gasteiger partial charge in [-0.05, 0) is 12.1 Å². The van der Waals surface area contributed by atoms with E-state index in [1.807, 2.05) is 0 Å². The summed E-state index contributed by atoms with van der Waals surface area (Å²) in [7, 11) is 0. The number of benzene rings is 1. The van der Waals surface area contributed by atoms with Crippen LogP contribution in [0.2, 0.25) is 5.02 Å². The monoisotopic (exact) mass is 187 g/mol. The number of oxime groups is 1. The molecule has 0 unspecified atom stereocenters. The van der Waals surface area contributed by atoms with Crippen LogP contribution in [0.1, 0.15) is 5.56 Å². The lowest BCUT2D eigenvalue weighted by Gasteiger charge is -1.98. The van der Waals surface area contributed by atoms with Gasteiger partial charge in [-0.3, -0.25) is 0 Å². The molecule has 4 heteroatoms. The Labute approximate surface area is 74.9 Å². The Morgan fingerprint density at radius 2 is 2.27 bits per heavy atom. The third-order valence-electron chi connectivity index (χ3n) is 1.22. The molecule has 0 aliphatic rings. The average Bonchev–Trinajstić information content (AvgIpc) is 1.97. The van der Waals surface area contributed by atoms with Crippen LogP contribution in [-0.2, 0) is 0 Å². The molecule has 0 atom stereocenters. The van der Waals surface area contributed by atoms with Gasteiger partial charge in [0.25, 0.3) is 0 Å². The molecule has 0 spiro atoms. The predicted molar refractivity (Wildman–Crippen MR) is 48.1 cm³/mol. The van der Waals surface area contributed by atoms with Crippen LogP contribution in [0, 0.1) is 0 Å². The van der Waals surface area contributed by atoms with Gasteiger partial charge >= 0.3 is 0 Å². The molecule has 0 amide bonds. The van der Waals surface area contributed by atoms with Gasteiger partial charge in [-0.2, -0.15) is 0 Å². The first-order chi connectivity index (χ1) is 5.25. The molecule has 1 N–H and O–H groups in total. The molecule has 11 heavy (non-hydrogen) atoms. The summed E-state index contributed by atoms with van der Waals surface area (Å²) in [4.78, 5) is 0.690. The molecule has 0 bridgehead atoms. The highest BCUT2D eigenvalue weighted by atomic mass is 35.5. The van der Waals surface area contributed by atoms with E-state index in [0.717, 1.165) is 0 Å². The fraction of sp³-hybridized carbons (Fsp3) is 0. The Hall–Kier alpha value is -0.670. The van der Waals surface area contributed by atoms with Crippen LogP contribution in [-0.4, -0.2) is 11.4 Å². The van der Waals surface area contributed by atoms with E-state index in [-0.39, 0.29) is 0 Å². The van der Waals surface area contributed by atoms with E-state index in [1.54, 1.807) is 18.2 Å². The summed E-state index contributed by atoms with van der Waals surface area (Å²) in [6.45, 7) is 0.